The molecule has 27 heavy (non-hydrogen) atoms. The average Bonchev–Trinajstić information content (AvgIpc) is 2.71. The lowest BCUT2D eigenvalue weighted by atomic mass is 9.92. The van der Waals surface area contributed by atoms with Gasteiger partial charge in [-0.1, -0.05) is 30.3 Å². The Morgan fingerprint density at radius 2 is 1.93 bits per heavy atom. The van der Waals surface area contributed by atoms with Gasteiger partial charge in [0, 0.05) is 24.7 Å². The lowest BCUT2D eigenvalue weighted by Gasteiger charge is -2.29. The molecule has 1 saturated carbocycles. The van der Waals surface area contributed by atoms with Crippen molar-refractivity contribution in [3.05, 3.63) is 59.8 Å². The minimum Gasteiger partial charge on any atom is -0.474 e. The summed E-state index contributed by atoms with van der Waals surface area (Å²) in [5, 5.41) is 12.0. The quantitative estimate of drug-likeness (QED) is 0.812. The van der Waals surface area contributed by atoms with E-state index in [0.717, 1.165) is 38.5 Å². The first kappa shape index (κ1) is 18.9. The number of aromatic nitrogens is 1. The van der Waals surface area contributed by atoms with Gasteiger partial charge in [0.15, 0.2) is 0 Å². The summed E-state index contributed by atoms with van der Waals surface area (Å²) in [7, 11) is 0. The molecule has 0 spiro atoms. The smallest absolute Gasteiger partial charge is 0.220 e. The maximum Gasteiger partial charge on any atom is 0.220 e. The summed E-state index contributed by atoms with van der Waals surface area (Å²) in [6.07, 6.45) is 7.67. The van der Waals surface area contributed by atoms with Crippen molar-refractivity contribution in [1.29, 1.82) is 5.26 Å². The van der Waals surface area contributed by atoms with Crippen LogP contribution in [-0.4, -0.2) is 23.0 Å². The molecule has 1 heterocycles. The second-order valence-corrected chi connectivity index (χ2v) is 7.00. The van der Waals surface area contributed by atoms with Gasteiger partial charge in [0.25, 0.3) is 0 Å². The van der Waals surface area contributed by atoms with Crippen LogP contribution in [0.1, 0.15) is 49.7 Å². The van der Waals surface area contributed by atoms with Crippen molar-refractivity contribution < 1.29 is 9.53 Å². The summed E-state index contributed by atoms with van der Waals surface area (Å²) >= 11 is 0. The van der Waals surface area contributed by atoms with E-state index in [4.69, 9.17) is 10.00 Å². The first-order valence-electron chi connectivity index (χ1n) is 9.59. The third-order valence-corrected chi connectivity index (χ3v) is 4.90. The predicted octanol–water partition coefficient (Wildman–Crippen LogP) is 3.78. The molecule has 5 heteroatoms. The number of pyridine rings is 1. The molecule has 1 fully saturated rings. The zero-order chi connectivity index (χ0) is 18.9. The normalized spacial score (nSPS) is 19.1. The molecular weight excluding hydrogens is 338 g/mol. The number of hydrogen-bond acceptors (Lipinski definition) is 4. The average molecular weight is 363 g/mol. The minimum absolute atomic E-state index is 0.122. The van der Waals surface area contributed by atoms with Crippen LogP contribution in [0.15, 0.2) is 48.7 Å². The molecule has 0 bridgehead atoms. The van der Waals surface area contributed by atoms with Crippen molar-refractivity contribution in [2.45, 2.75) is 57.1 Å². The van der Waals surface area contributed by atoms with Gasteiger partial charge >= 0.3 is 0 Å². The Hall–Kier alpha value is -2.87. The summed E-state index contributed by atoms with van der Waals surface area (Å²) in [5.41, 5.74) is 1.81. The molecule has 1 N–H and O–H groups in total. The van der Waals surface area contributed by atoms with E-state index in [9.17, 15) is 4.79 Å². The molecule has 1 aliphatic carbocycles. The molecule has 1 amide bonds. The molecule has 0 radical (unpaired) electrons. The number of hydrogen-bond donors (Lipinski definition) is 1. The number of ether oxygens (including phenoxy) is 1. The van der Waals surface area contributed by atoms with Gasteiger partial charge in [0.05, 0.1) is 5.56 Å². The van der Waals surface area contributed by atoms with E-state index >= 15 is 0 Å². The number of carbonyl (C=O) groups excluding carboxylic acids is 1. The minimum atomic E-state index is 0.122. The first-order chi connectivity index (χ1) is 13.2. The molecule has 140 valence electrons. The second kappa shape index (κ2) is 9.72. The van der Waals surface area contributed by atoms with Gasteiger partial charge in [-0.05, 0) is 50.2 Å². The SMILES string of the molecule is N#Cc1ccc(OC2CCC(NC(=O)CCCc3ccccc3)CC2)nc1. The van der Waals surface area contributed by atoms with Crippen LogP contribution in [0, 0.1) is 11.3 Å². The van der Waals surface area contributed by atoms with Crippen molar-refractivity contribution in [2.24, 2.45) is 0 Å². The van der Waals surface area contributed by atoms with Gasteiger partial charge in [-0.15, -0.1) is 0 Å². The van der Waals surface area contributed by atoms with E-state index < -0.39 is 0 Å². The van der Waals surface area contributed by atoms with Crippen LogP contribution in [0.2, 0.25) is 0 Å². The zero-order valence-corrected chi connectivity index (χ0v) is 15.4. The fourth-order valence-corrected chi connectivity index (χ4v) is 3.41. The molecular formula is C22H25N3O2. The molecule has 3 rings (SSSR count). The maximum atomic E-state index is 12.2. The molecule has 1 aliphatic rings. The summed E-state index contributed by atoms with van der Waals surface area (Å²) in [6, 6.07) is 16.0. The Morgan fingerprint density at radius 3 is 2.59 bits per heavy atom. The molecule has 0 aliphatic heterocycles. The highest BCUT2D eigenvalue weighted by Gasteiger charge is 2.23. The fraction of sp³-hybridized carbons (Fsp3) is 0.409. The lowest BCUT2D eigenvalue weighted by molar-refractivity contribution is -0.122. The van der Waals surface area contributed by atoms with Crippen LogP contribution in [0.25, 0.3) is 0 Å². The second-order valence-electron chi connectivity index (χ2n) is 7.00. The van der Waals surface area contributed by atoms with Crippen LogP contribution in [-0.2, 0) is 11.2 Å². The Morgan fingerprint density at radius 1 is 1.15 bits per heavy atom. The van der Waals surface area contributed by atoms with E-state index in [1.165, 1.54) is 11.8 Å². The number of amides is 1. The number of benzene rings is 1. The van der Waals surface area contributed by atoms with Crippen LogP contribution in [0.5, 0.6) is 5.88 Å². The molecule has 2 aromatic rings. The highest BCUT2D eigenvalue weighted by Crippen LogP contribution is 2.23. The first-order valence-corrected chi connectivity index (χ1v) is 9.59. The fourth-order valence-electron chi connectivity index (χ4n) is 3.41. The van der Waals surface area contributed by atoms with Crippen molar-refractivity contribution >= 4 is 5.91 Å². The Labute approximate surface area is 160 Å². The van der Waals surface area contributed by atoms with Crippen molar-refractivity contribution in [1.82, 2.24) is 10.3 Å². The molecule has 0 unspecified atom stereocenters. The van der Waals surface area contributed by atoms with Gasteiger partial charge < -0.3 is 10.1 Å². The molecule has 5 nitrogen and oxygen atoms in total. The number of aryl methyl sites for hydroxylation is 1. The van der Waals surface area contributed by atoms with Crippen LogP contribution < -0.4 is 10.1 Å². The summed E-state index contributed by atoms with van der Waals surface area (Å²) in [6.45, 7) is 0. The number of nitriles is 1. The predicted molar refractivity (Wildman–Crippen MR) is 103 cm³/mol. The third-order valence-electron chi connectivity index (χ3n) is 4.90. The molecule has 0 saturated heterocycles. The van der Waals surface area contributed by atoms with Crippen molar-refractivity contribution in [3.63, 3.8) is 0 Å². The topological polar surface area (TPSA) is 75.0 Å². The van der Waals surface area contributed by atoms with Gasteiger partial charge in [-0.3, -0.25) is 4.79 Å². The molecule has 1 aromatic heterocycles. The van der Waals surface area contributed by atoms with Crippen LogP contribution in [0.4, 0.5) is 0 Å². The summed E-state index contributed by atoms with van der Waals surface area (Å²) < 4.78 is 5.89. The van der Waals surface area contributed by atoms with Gasteiger partial charge in [-0.25, -0.2) is 4.98 Å². The Balaban J connectivity index is 1.33. The van der Waals surface area contributed by atoms with Crippen LogP contribution >= 0.6 is 0 Å². The van der Waals surface area contributed by atoms with Gasteiger partial charge in [-0.2, -0.15) is 5.26 Å². The number of nitrogens with one attached hydrogen (secondary N) is 1. The van der Waals surface area contributed by atoms with Gasteiger partial charge in [0.1, 0.15) is 12.2 Å². The lowest BCUT2D eigenvalue weighted by Crippen LogP contribution is -2.39. The monoisotopic (exact) mass is 363 g/mol. The number of rotatable bonds is 7. The number of nitrogens with zero attached hydrogens (tertiary/aromatic N) is 2. The van der Waals surface area contributed by atoms with E-state index in [0.29, 0.717) is 17.9 Å². The van der Waals surface area contributed by atoms with E-state index in [-0.39, 0.29) is 18.1 Å². The van der Waals surface area contributed by atoms with E-state index in [1.54, 1.807) is 12.1 Å². The van der Waals surface area contributed by atoms with E-state index in [1.807, 2.05) is 24.3 Å². The standard InChI is InChI=1S/C22H25N3O2/c23-15-18-9-14-22(24-16-18)27-20-12-10-19(11-13-20)25-21(26)8-4-7-17-5-2-1-3-6-17/h1-3,5-6,9,14,16,19-20H,4,7-8,10-13H2,(H,25,26). The van der Waals surface area contributed by atoms with Crippen molar-refractivity contribution in [2.75, 3.05) is 0 Å². The third kappa shape index (κ3) is 6.10. The van der Waals surface area contributed by atoms with Crippen LogP contribution in [0.3, 0.4) is 0 Å². The highest BCUT2D eigenvalue weighted by molar-refractivity contribution is 5.76. The van der Waals surface area contributed by atoms with Gasteiger partial charge in [0.2, 0.25) is 11.8 Å². The summed E-state index contributed by atoms with van der Waals surface area (Å²) in [5.74, 6) is 0.700. The molecule has 1 aromatic carbocycles. The highest BCUT2D eigenvalue weighted by atomic mass is 16.5. The summed E-state index contributed by atoms with van der Waals surface area (Å²) in [4.78, 5) is 16.3. The Kier molecular flexibility index (Phi) is 6.81. The van der Waals surface area contributed by atoms with Crippen molar-refractivity contribution in [3.8, 4) is 11.9 Å². The largest absolute Gasteiger partial charge is 0.474 e. The maximum absolute atomic E-state index is 12.2. The Bertz CT molecular complexity index is 760. The van der Waals surface area contributed by atoms with E-state index in [2.05, 4.69) is 22.4 Å². The zero-order valence-electron chi connectivity index (χ0n) is 15.4. The molecule has 0 atom stereocenters. The number of carbonyl (C=O) groups is 1.